The van der Waals surface area contributed by atoms with Crippen LogP contribution in [0.2, 0.25) is 13.3 Å². The summed E-state index contributed by atoms with van der Waals surface area (Å²) < 4.78 is 6.69. The Balaban J connectivity index is 3.36. The molecule has 0 bridgehead atoms. The Morgan fingerprint density at radius 2 is 1.31 bits per heavy atom. The van der Waals surface area contributed by atoms with Gasteiger partial charge in [0.2, 0.25) is 0 Å². The predicted octanol–water partition coefficient (Wildman–Crippen LogP) is 6.80. The minimum absolute atomic E-state index is 0.232. The van der Waals surface area contributed by atoms with Crippen molar-refractivity contribution in [2.45, 2.75) is 106 Å². The van der Waals surface area contributed by atoms with E-state index >= 15 is 0 Å². The molecular formula is C23H48N2Sn. The Kier molecular flexibility index (Phi) is 9.70. The molecule has 1 unspecified atom stereocenters. The number of nitrogens with zero attached hydrogens (tertiary/aromatic N) is 1. The van der Waals surface area contributed by atoms with Crippen molar-refractivity contribution in [3.63, 3.8) is 0 Å². The first-order valence-electron chi connectivity index (χ1n) is 11.2. The van der Waals surface area contributed by atoms with Crippen molar-refractivity contribution in [1.29, 1.82) is 0 Å². The van der Waals surface area contributed by atoms with E-state index in [4.69, 9.17) is 0 Å². The van der Waals surface area contributed by atoms with Crippen LogP contribution in [0.15, 0.2) is 9.67 Å². The van der Waals surface area contributed by atoms with Gasteiger partial charge in [-0.05, 0) is 0 Å². The van der Waals surface area contributed by atoms with E-state index in [2.05, 4.69) is 79.1 Å². The molecule has 1 N–H and O–H groups in total. The van der Waals surface area contributed by atoms with Gasteiger partial charge in [-0.25, -0.2) is 0 Å². The standard InChI is InChI=1S/C11H21N2.3C4H9.Sn/c1-10(2)7-8-11(3,4)9(10)12-13(5)6;3*1-3-4-2;/h7,9,12H,1-6H3;3*1,3-4H2,2H3;. The van der Waals surface area contributed by atoms with E-state index < -0.39 is 18.4 Å². The Morgan fingerprint density at radius 1 is 0.885 bits per heavy atom. The topological polar surface area (TPSA) is 15.3 Å². The normalized spacial score (nSPS) is 22.1. The molecule has 0 aromatic rings. The molecule has 26 heavy (non-hydrogen) atoms. The van der Waals surface area contributed by atoms with Crippen LogP contribution in [0.25, 0.3) is 0 Å². The molecule has 1 atom stereocenters. The van der Waals surface area contributed by atoms with Crippen molar-refractivity contribution < 1.29 is 0 Å². The van der Waals surface area contributed by atoms with E-state index in [0.29, 0.717) is 6.04 Å². The van der Waals surface area contributed by atoms with E-state index in [-0.39, 0.29) is 10.8 Å². The van der Waals surface area contributed by atoms with E-state index in [1.807, 2.05) is 3.59 Å². The fourth-order valence-electron chi connectivity index (χ4n) is 5.47. The van der Waals surface area contributed by atoms with Crippen LogP contribution in [-0.4, -0.2) is 43.5 Å². The molecule has 0 heterocycles. The number of nitrogens with one attached hydrogen (secondary N) is 1. The first-order valence-corrected chi connectivity index (χ1v) is 18.7. The second-order valence-corrected chi connectivity index (χ2v) is 23.3. The van der Waals surface area contributed by atoms with Crippen molar-refractivity contribution >= 4 is 18.4 Å². The molecule has 3 heteroatoms. The molecule has 1 aliphatic carbocycles. The van der Waals surface area contributed by atoms with Crippen molar-refractivity contribution in [3.05, 3.63) is 9.67 Å². The summed E-state index contributed by atoms with van der Waals surface area (Å²) in [5, 5.41) is 2.17. The number of rotatable bonds is 12. The Labute approximate surface area is 169 Å². The Bertz CT molecular complexity index is 429. The zero-order chi connectivity index (χ0) is 20.0. The van der Waals surface area contributed by atoms with Crippen LogP contribution >= 0.6 is 0 Å². The third-order valence-electron chi connectivity index (χ3n) is 6.66. The van der Waals surface area contributed by atoms with Gasteiger partial charge < -0.3 is 0 Å². The van der Waals surface area contributed by atoms with E-state index in [9.17, 15) is 0 Å². The molecular weight excluding hydrogens is 423 g/mol. The third-order valence-corrected chi connectivity index (χ3v) is 23.4. The summed E-state index contributed by atoms with van der Waals surface area (Å²) in [6.45, 7) is 17.1. The number of hydrogen-bond acceptors (Lipinski definition) is 2. The van der Waals surface area contributed by atoms with Crippen molar-refractivity contribution in [2.24, 2.45) is 10.8 Å². The fourth-order valence-corrected chi connectivity index (χ4v) is 25.0. The van der Waals surface area contributed by atoms with Gasteiger partial charge >= 0.3 is 170 Å². The summed E-state index contributed by atoms with van der Waals surface area (Å²) in [6, 6.07) is 0.501. The molecule has 0 aromatic heterocycles. The van der Waals surface area contributed by atoms with Gasteiger partial charge in [0.15, 0.2) is 0 Å². The van der Waals surface area contributed by atoms with E-state index in [1.54, 1.807) is 13.3 Å². The monoisotopic (exact) mass is 472 g/mol. The van der Waals surface area contributed by atoms with Gasteiger partial charge in [-0.1, -0.05) is 0 Å². The summed E-state index contributed by atoms with van der Waals surface area (Å²) in [7, 11) is 4.29. The van der Waals surface area contributed by atoms with Gasteiger partial charge in [0, 0.05) is 0 Å². The average molecular weight is 471 g/mol. The van der Waals surface area contributed by atoms with Crippen LogP contribution in [0.5, 0.6) is 0 Å². The minimum atomic E-state index is -2.38. The quantitative estimate of drug-likeness (QED) is 0.249. The molecule has 2 nitrogen and oxygen atoms in total. The SMILES string of the molecule is CCC[CH2][Sn]([CH2]CCC)([CH2]CCC)[C]1=CC(C)(C)C(NN(C)C)C1(C)C. The van der Waals surface area contributed by atoms with Crippen LogP contribution in [0, 0.1) is 10.8 Å². The molecule has 0 spiro atoms. The third kappa shape index (κ3) is 5.73. The maximum atomic E-state index is 3.81. The molecule has 0 radical (unpaired) electrons. The maximum absolute atomic E-state index is 3.81. The van der Waals surface area contributed by atoms with Crippen molar-refractivity contribution in [2.75, 3.05) is 14.1 Å². The van der Waals surface area contributed by atoms with E-state index in [0.717, 1.165) is 0 Å². The van der Waals surface area contributed by atoms with Crippen LogP contribution < -0.4 is 5.43 Å². The molecule has 154 valence electrons. The Hall–Kier alpha value is 0.459. The second kappa shape index (κ2) is 10.3. The number of hydrogen-bond donors (Lipinski definition) is 1. The van der Waals surface area contributed by atoms with Crippen LogP contribution in [0.4, 0.5) is 0 Å². The predicted molar refractivity (Wildman–Crippen MR) is 121 cm³/mol. The summed E-state index contributed by atoms with van der Waals surface area (Å²) in [5.74, 6) is 0. The summed E-state index contributed by atoms with van der Waals surface area (Å²) in [4.78, 5) is 0. The molecule has 1 rings (SSSR count). The fraction of sp³-hybridized carbons (Fsp3) is 0.913. The van der Waals surface area contributed by atoms with Crippen LogP contribution in [0.1, 0.15) is 87.0 Å². The summed E-state index contributed by atoms with van der Waals surface area (Å²) in [6.07, 6.45) is 11.2. The van der Waals surface area contributed by atoms with E-state index in [1.165, 1.54) is 38.5 Å². The molecule has 0 amide bonds. The van der Waals surface area contributed by atoms with Gasteiger partial charge in [0.25, 0.3) is 0 Å². The van der Waals surface area contributed by atoms with Gasteiger partial charge in [-0.3, -0.25) is 0 Å². The zero-order valence-corrected chi connectivity index (χ0v) is 22.3. The molecule has 0 saturated heterocycles. The van der Waals surface area contributed by atoms with Gasteiger partial charge in [-0.15, -0.1) is 0 Å². The average Bonchev–Trinajstić information content (AvgIpc) is 2.74. The Morgan fingerprint density at radius 3 is 1.65 bits per heavy atom. The number of hydrazine groups is 1. The van der Waals surface area contributed by atoms with Crippen LogP contribution in [-0.2, 0) is 0 Å². The second-order valence-electron chi connectivity index (χ2n) is 10.1. The van der Waals surface area contributed by atoms with Crippen molar-refractivity contribution in [1.82, 2.24) is 10.4 Å². The van der Waals surface area contributed by atoms with Gasteiger partial charge in [0.1, 0.15) is 0 Å². The molecule has 0 aliphatic heterocycles. The zero-order valence-electron chi connectivity index (χ0n) is 19.5. The molecule has 0 aromatic carbocycles. The summed E-state index contributed by atoms with van der Waals surface area (Å²) in [5.41, 5.74) is 4.32. The summed E-state index contributed by atoms with van der Waals surface area (Å²) >= 11 is -2.38. The van der Waals surface area contributed by atoms with Crippen LogP contribution in [0.3, 0.4) is 0 Å². The molecule has 1 aliphatic rings. The number of unbranched alkanes of at least 4 members (excludes halogenated alkanes) is 3. The molecule has 0 fully saturated rings. The van der Waals surface area contributed by atoms with Gasteiger partial charge in [-0.2, -0.15) is 0 Å². The first-order chi connectivity index (χ1) is 12.1. The van der Waals surface area contributed by atoms with Crippen molar-refractivity contribution in [3.8, 4) is 0 Å². The van der Waals surface area contributed by atoms with Gasteiger partial charge in [0.05, 0.1) is 0 Å². The first kappa shape index (κ1) is 24.5. The molecule has 0 saturated carbocycles.